The average Bonchev–Trinajstić information content (AvgIpc) is 3.15. The monoisotopic (exact) mass is 506 g/mol. The summed E-state index contributed by atoms with van der Waals surface area (Å²) >= 11 is 0. The number of fused-ring (bicyclic) bond motifs is 1. The van der Waals surface area contributed by atoms with Crippen molar-refractivity contribution in [2.75, 3.05) is 72.1 Å². The van der Waals surface area contributed by atoms with Crippen LogP contribution in [0.15, 0.2) is 18.2 Å². The molecule has 0 aromatic heterocycles. The summed E-state index contributed by atoms with van der Waals surface area (Å²) in [6, 6.07) is 3.98. The highest BCUT2D eigenvalue weighted by molar-refractivity contribution is 6.24. The molecule has 0 aliphatic carbocycles. The van der Waals surface area contributed by atoms with Crippen LogP contribution in [0.25, 0.3) is 0 Å². The third-order valence-corrected chi connectivity index (χ3v) is 5.62. The van der Waals surface area contributed by atoms with Crippen molar-refractivity contribution >= 4 is 29.7 Å². The molecule has 11 heteroatoms. The molecule has 1 heterocycles. The largest absolute Gasteiger partial charge is 0.384 e. The molecule has 0 fully saturated rings. The molecular weight excluding hydrogens is 468 g/mol. The number of aldehydes is 1. The maximum atomic E-state index is 13.0. The molecule has 1 atom stereocenters. The van der Waals surface area contributed by atoms with Crippen LogP contribution in [0.4, 0.5) is 5.69 Å². The van der Waals surface area contributed by atoms with Gasteiger partial charge in [0, 0.05) is 38.9 Å². The van der Waals surface area contributed by atoms with Crippen molar-refractivity contribution in [3.05, 3.63) is 29.3 Å². The number of amides is 3. The predicted octanol–water partition coefficient (Wildman–Crippen LogP) is 0.838. The molecular formula is C25H38N4O7. The highest BCUT2D eigenvalue weighted by Gasteiger charge is 2.41. The van der Waals surface area contributed by atoms with E-state index in [2.05, 4.69) is 16.0 Å². The molecule has 1 aliphatic rings. The molecule has 1 unspecified atom stereocenters. The maximum Gasteiger partial charge on any atom is 0.264 e. The second-order valence-corrected chi connectivity index (χ2v) is 8.20. The Morgan fingerprint density at radius 2 is 1.58 bits per heavy atom. The summed E-state index contributed by atoms with van der Waals surface area (Å²) in [4.78, 5) is 50.0. The second-order valence-electron chi connectivity index (χ2n) is 8.20. The first-order valence-electron chi connectivity index (χ1n) is 12.3. The van der Waals surface area contributed by atoms with Gasteiger partial charge in [-0.05, 0) is 45.0 Å². The highest BCUT2D eigenvalue weighted by Crippen LogP contribution is 2.31. The van der Waals surface area contributed by atoms with Crippen molar-refractivity contribution in [2.24, 2.45) is 0 Å². The Morgan fingerprint density at radius 3 is 2.19 bits per heavy atom. The van der Waals surface area contributed by atoms with E-state index in [1.54, 1.807) is 18.2 Å². The van der Waals surface area contributed by atoms with Crippen LogP contribution in [0.1, 0.15) is 46.4 Å². The summed E-state index contributed by atoms with van der Waals surface area (Å²) in [5, 5.41) is 8.72. The number of hydrogen-bond donors (Lipinski definition) is 3. The molecule has 1 aromatic carbocycles. The van der Waals surface area contributed by atoms with E-state index in [9.17, 15) is 19.2 Å². The number of ether oxygens (including phenoxy) is 3. The number of carbonyl (C=O) groups is 4. The fraction of sp³-hybridized carbons (Fsp3) is 0.600. The number of carbonyl (C=O) groups excluding carboxylic acids is 4. The fourth-order valence-corrected chi connectivity index (χ4v) is 3.70. The Morgan fingerprint density at radius 1 is 0.944 bits per heavy atom. The molecule has 0 radical (unpaired) electrons. The Kier molecular flexibility index (Phi) is 13.7. The van der Waals surface area contributed by atoms with Gasteiger partial charge in [0.1, 0.15) is 6.29 Å². The molecule has 2 rings (SSSR count). The lowest BCUT2D eigenvalue weighted by Crippen LogP contribution is -2.41. The summed E-state index contributed by atoms with van der Waals surface area (Å²) in [7, 11) is 3.40. The van der Waals surface area contributed by atoms with Crippen molar-refractivity contribution in [1.82, 2.24) is 15.5 Å². The highest BCUT2D eigenvalue weighted by atomic mass is 16.5. The lowest BCUT2D eigenvalue weighted by Gasteiger charge is -2.21. The summed E-state index contributed by atoms with van der Waals surface area (Å²) in [5.41, 5.74) is 1.02. The molecule has 3 amide bonds. The van der Waals surface area contributed by atoms with Gasteiger partial charge in [-0.25, -0.2) is 0 Å². The Hall–Kier alpha value is -2.86. The van der Waals surface area contributed by atoms with Crippen LogP contribution in [-0.2, 0) is 23.8 Å². The van der Waals surface area contributed by atoms with Crippen molar-refractivity contribution in [2.45, 2.75) is 31.7 Å². The van der Waals surface area contributed by atoms with Gasteiger partial charge >= 0.3 is 0 Å². The minimum atomic E-state index is -0.997. The zero-order chi connectivity index (χ0) is 26.2. The standard InChI is InChI=1S/C25H38N4O7/c1-26-10-4-12-34-14-16-36-17-15-35-13-5-11-28-21-7-3-6-20-23(21)25(33)29(24(20)32)19(18-30)8-9-22(31)27-2/h3,6-7,18-19,26,28H,4-5,8-17H2,1-2H3,(H,27,31). The van der Waals surface area contributed by atoms with Crippen LogP contribution in [0.3, 0.4) is 0 Å². The molecule has 3 N–H and O–H groups in total. The van der Waals surface area contributed by atoms with E-state index in [0.29, 0.717) is 64.6 Å². The maximum absolute atomic E-state index is 13.0. The van der Waals surface area contributed by atoms with Crippen molar-refractivity contribution in [3.63, 3.8) is 0 Å². The van der Waals surface area contributed by atoms with Crippen molar-refractivity contribution < 1.29 is 33.4 Å². The van der Waals surface area contributed by atoms with Gasteiger partial charge in [0.2, 0.25) is 5.91 Å². The molecule has 0 saturated heterocycles. The van der Waals surface area contributed by atoms with Crippen LogP contribution >= 0.6 is 0 Å². The normalized spacial score (nSPS) is 13.6. The number of rotatable bonds is 20. The zero-order valence-corrected chi connectivity index (χ0v) is 21.2. The number of benzene rings is 1. The summed E-state index contributed by atoms with van der Waals surface area (Å²) in [6.45, 7) is 4.76. The molecule has 0 bridgehead atoms. The van der Waals surface area contributed by atoms with Gasteiger partial charge in [0.05, 0.1) is 43.6 Å². The number of imide groups is 1. The summed E-state index contributed by atoms with van der Waals surface area (Å²) in [5.74, 6) is -1.33. The molecule has 1 aliphatic heterocycles. The molecule has 11 nitrogen and oxygen atoms in total. The summed E-state index contributed by atoms with van der Waals surface area (Å²) in [6.07, 6.45) is 2.31. The van der Waals surface area contributed by atoms with E-state index in [0.717, 1.165) is 17.9 Å². The van der Waals surface area contributed by atoms with Gasteiger partial charge < -0.3 is 35.0 Å². The third-order valence-electron chi connectivity index (χ3n) is 5.62. The van der Waals surface area contributed by atoms with Crippen molar-refractivity contribution in [3.8, 4) is 0 Å². The first-order chi connectivity index (χ1) is 17.5. The van der Waals surface area contributed by atoms with E-state index in [1.165, 1.54) is 7.05 Å². The smallest absolute Gasteiger partial charge is 0.264 e. The first kappa shape index (κ1) is 29.4. The van der Waals surface area contributed by atoms with Crippen LogP contribution < -0.4 is 16.0 Å². The SMILES string of the molecule is CNCCCOCCOCCOCCCNc1cccc2c1C(=O)N(C(C=O)CCC(=O)NC)C2=O. The Balaban J connectivity index is 1.71. The van der Waals surface area contributed by atoms with Gasteiger partial charge in [-0.3, -0.25) is 19.3 Å². The van der Waals surface area contributed by atoms with Gasteiger partial charge in [-0.15, -0.1) is 0 Å². The predicted molar refractivity (Wildman–Crippen MR) is 134 cm³/mol. The number of nitrogens with zero attached hydrogens (tertiary/aromatic N) is 1. The quantitative estimate of drug-likeness (QED) is 0.134. The topological polar surface area (TPSA) is 135 Å². The molecule has 36 heavy (non-hydrogen) atoms. The van der Waals surface area contributed by atoms with Gasteiger partial charge in [0.15, 0.2) is 0 Å². The molecule has 1 aromatic rings. The fourth-order valence-electron chi connectivity index (χ4n) is 3.70. The van der Waals surface area contributed by atoms with E-state index < -0.39 is 17.9 Å². The number of hydrogen-bond acceptors (Lipinski definition) is 9. The number of nitrogens with one attached hydrogen (secondary N) is 3. The van der Waals surface area contributed by atoms with E-state index in [-0.39, 0.29) is 29.9 Å². The van der Waals surface area contributed by atoms with Crippen LogP contribution in [-0.4, -0.2) is 102 Å². The Bertz CT molecular complexity index is 865. The van der Waals surface area contributed by atoms with Gasteiger partial charge in [-0.2, -0.15) is 0 Å². The second kappa shape index (κ2) is 16.7. The van der Waals surface area contributed by atoms with Crippen molar-refractivity contribution in [1.29, 1.82) is 0 Å². The zero-order valence-electron chi connectivity index (χ0n) is 21.2. The van der Waals surface area contributed by atoms with Gasteiger partial charge in [-0.1, -0.05) is 6.07 Å². The van der Waals surface area contributed by atoms with Crippen LogP contribution in [0, 0.1) is 0 Å². The Labute approximate surface area is 212 Å². The lowest BCUT2D eigenvalue weighted by atomic mass is 10.1. The van der Waals surface area contributed by atoms with Gasteiger partial charge in [0.25, 0.3) is 11.8 Å². The minimum absolute atomic E-state index is 0.0359. The van der Waals surface area contributed by atoms with Crippen LogP contribution in [0.5, 0.6) is 0 Å². The summed E-state index contributed by atoms with van der Waals surface area (Å²) < 4.78 is 16.5. The molecule has 200 valence electrons. The third kappa shape index (κ3) is 8.98. The van der Waals surface area contributed by atoms with E-state index >= 15 is 0 Å². The van der Waals surface area contributed by atoms with Crippen LogP contribution in [0.2, 0.25) is 0 Å². The molecule has 0 saturated carbocycles. The molecule has 0 spiro atoms. The lowest BCUT2D eigenvalue weighted by molar-refractivity contribution is -0.121. The first-order valence-corrected chi connectivity index (χ1v) is 12.3. The minimum Gasteiger partial charge on any atom is -0.384 e. The van der Waals surface area contributed by atoms with E-state index in [1.807, 2.05) is 7.05 Å². The number of anilines is 1. The average molecular weight is 507 g/mol. The van der Waals surface area contributed by atoms with E-state index in [4.69, 9.17) is 14.2 Å².